The molecule has 0 saturated carbocycles. The maximum Gasteiger partial charge on any atom is 0.199 e. The number of anilines is 1. The van der Waals surface area contributed by atoms with Crippen LogP contribution in [0.25, 0.3) is 43.6 Å². The van der Waals surface area contributed by atoms with Crippen LogP contribution in [0.4, 0.5) is 5.82 Å². The maximum atomic E-state index is 9.80. The monoisotopic (exact) mass is 504 g/mol. The molecule has 0 radical (unpaired) electrons. The van der Waals surface area contributed by atoms with Crippen molar-refractivity contribution in [3.05, 3.63) is 47.5 Å². The third-order valence-corrected chi connectivity index (χ3v) is 8.14. The fourth-order valence-corrected chi connectivity index (χ4v) is 6.33. The van der Waals surface area contributed by atoms with Gasteiger partial charge in [0.25, 0.3) is 0 Å². The predicted molar refractivity (Wildman–Crippen MR) is 140 cm³/mol. The molecular formula is C25H24N6O2S2. The van der Waals surface area contributed by atoms with Gasteiger partial charge < -0.3 is 19.3 Å². The average molecular weight is 505 g/mol. The van der Waals surface area contributed by atoms with Crippen LogP contribution < -0.4 is 9.64 Å². The molecule has 1 fully saturated rings. The van der Waals surface area contributed by atoms with Gasteiger partial charge in [0.2, 0.25) is 0 Å². The second kappa shape index (κ2) is 9.03. The molecule has 4 aromatic heterocycles. The minimum absolute atomic E-state index is 0.175. The van der Waals surface area contributed by atoms with Gasteiger partial charge in [-0.25, -0.2) is 19.9 Å². The van der Waals surface area contributed by atoms with E-state index >= 15 is 0 Å². The Balaban J connectivity index is 1.65. The molecule has 1 N–H and O–H groups in total. The first-order valence-corrected chi connectivity index (χ1v) is 13.1. The lowest BCUT2D eigenvalue weighted by Crippen LogP contribution is -2.22. The van der Waals surface area contributed by atoms with Gasteiger partial charge >= 0.3 is 0 Å². The van der Waals surface area contributed by atoms with E-state index < -0.39 is 0 Å². The molecule has 178 valence electrons. The Hall–Kier alpha value is -3.34. The van der Waals surface area contributed by atoms with Gasteiger partial charge in [-0.1, -0.05) is 12.1 Å². The number of imidazole rings is 1. The van der Waals surface area contributed by atoms with Crippen molar-refractivity contribution < 1.29 is 9.84 Å². The Labute approximate surface area is 210 Å². The van der Waals surface area contributed by atoms with Crippen LogP contribution in [0.15, 0.2) is 47.5 Å². The largest absolute Gasteiger partial charge is 0.497 e. The third kappa shape index (κ3) is 3.87. The second-order valence-electron chi connectivity index (χ2n) is 8.61. The second-order valence-corrected chi connectivity index (χ2v) is 10.3. The summed E-state index contributed by atoms with van der Waals surface area (Å²) >= 11 is 3.21. The molecular weight excluding hydrogens is 480 g/mol. The molecule has 0 bridgehead atoms. The number of ether oxygens (including phenoxy) is 1. The highest BCUT2D eigenvalue weighted by Gasteiger charge is 2.30. The number of nitrogens with zero attached hydrogens (tertiary/aromatic N) is 6. The number of aryl methyl sites for hydroxylation is 1. The summed E-state index contributed by atoms with van der Waals surface area (Å²) in [6.07, 6.45) is 4.59. The molecule has 10 heteroatoms. The van der Waals surface area contributed by atoms with Crippen LogP contribution in [0, 0.1) is 5.92 Å². The quantitative estimate of drug-likeness (QED) is 0.358. The topological polar surface area (TPSA) is 89.2 Å². The van der Waals surface area contributed by atoms with Crippen LogP contribution in [0.3, 0.4) is 0 Å². The lowest BCUT2D eigenvalue weighted by Gasteiger charge is -2.20. The number of thiazole rings is 1. The van der Waals surface area contributed by atoms with Crippen LogP contribution in [0.5, 0.6) is 5.75 Å². The van der Waals surface area contributed by atoms with Crippen molar-refractivity contribution in [2.24, 2.45) is 13.0 Å². The highest BCUT2D eigenvalue weighted by atomic mass is 32.1. The number of aliphatic hydroxyl groups excluding tert-OH is 1. The number of benzene rings is 1. The van der Waals surface area contributed by atoms with Crippen molar-refractivity contribution in [1.29, 1.82) is 0 Å². The first-order valence-electron chi connectivity index (χ1n) is 11.4. The molecule has 1 atom stereocenters. The predicted octanol–water partition coefficient (Wildman–Crippen LogP) is 4.71. The number of hydrogen-bond donors (Lipinski definition) is 1. The van der Waals surface area contributed by atoms with Crippen molar-refractivity contribution in [2.45, 2.75) is 6.42 Å². The first-order chi connectivity index (χ1) is 17.2. The van der Waals surface area contributed by atoms with Crippen LogP contribution >= 0.6 is 22.7 Å². The van der Waals surface area contributed by atoms with Gasteiger partial charge in [-0.2, -0.15) is 0 Å². The van der Waals surface area contributed by atoms with Gasteiger partial charge in [-0.05, 0) is 24.1 Å². The number of thiophene rings is 1. The Morgan fingerprint density at radius 2 is 2.14 bits per heavy atom. The lowest BCUT2D eigenvalue weighted by molar-refractivity contribution is 0.238. The van der Waals surface area contributed by atoms with Crippen molar-refractivity contribution in [2.75, 3.05) is 31.7 Å². The summed E-state index contributed by atoms with van der Waals surface area (Å²) in [6.45, 7) is 1.76. The normalized spacial score (nSPS) is 15.9. The van der Waals surface area contributed by atoms with E-state index in [0.29, 0.717) is 5.82 Å². The molecule has 1 aliphatic rings. The molecule has 35 heavy (non-hydrogen) atoms. The highest BCUT2D eigenvalue weighted by molar-refractivity contribution is 7.22. The summed E-state index contributed by atoms with van der Waals surface area (Å²) in [7, 11) is 3.63. The van der Waals surface area contributed by atoms with Crippen LogP contribution in [0.2, 0.25) is 0 Å². The standard InChI is InChI=1S/C25H24N6O2S2/c1-30-9-7-26-24(30)22-28-23(31-8-6-15(11-31)12-32)20-19(18-13-34-14-27-18)21(35-25(20)29-22)16-4-3-5-17(10-16)33-2/h3-5,7,9-10,13-15,32H,6,8,11-12H2,1-2H3. The Kier molecular flexibility index (Phi) is 5.71. The molecule has 1 aliphatic heterocycles. The minimum atomic E-state index is 0.175. The maximum absolute atomic E-state index is 9.80. The number of methoxy groups -OCH3 is 1. The Morgan fingerprint density at radius 3 is 2.86 bits per heavy atom. The van der Waals surface area contributed by atoms with Gasteiger partial charge in [0.05, 0.1) is 23.7 Å². The van der Waals surface area contributed by atoms with Gasteiger partial charge in [0, 0.05) is 60.9 Å². The van der Waals surface area contributed by atoms with E-state index in [1.165, 1.54) is 0 Å². The zero-order valence-electron chi connectivity index (χ0n) is 19.4. The summed E-state index contributed by atoms with van der Waals surface area (Å²) in [6, 6.07) is 8.09. The summed E-state index contributed by atoms with van der Waals surface area (Å²) in [5.74, 6) is 3.22. The summed E-state index contributed by atoms with van der Waals surface area (Å²) < 4.78 is 7.45. The summed E-state index contributed by atoms with van der Waals surface area (Å²) in [4.78, 5) is 23.5. The summed E-state index contributed by atoms with van der Waals surface area (Å²) in [5.41, 5.74) is 4.85. The fourth-order valence-electron chi connectivity index (χ4n) is 4.61. The van der Waals surface area contributed by atoms with Crippen molar-refractivity contribution in [1.82, 2.24) is 24.5 Å². The Morgan fingerprint density at radius 1 is 1.23 bits per heavy atom. The highest BCUT2D eigenvalue weighted by Crippen LogP contribution is 2.48. The lowest BCUT2D eigenvalue weighted by atomic mass is 10.0. The van der Waals surface area contributed by atoms with E-state index in [1.54, 1.807) is 36.0 Å². The number of rotatable bonds is 6. The molecule has 1 saturated heterocycles. The smallest absolute Gasteiger partial charge is 0.199 e. The molecule has 5 heterocycles. The van der Waals surface area contributed by atoms with E-state index in [0.717, 1.165) is 68.8 Å². The Bertz CT molecular complexity index is 1490. The zero-order valence-corrected chi connectivity index (χ0v) is 21.0. The van der Waals surface area contributed by atoms with Gasteiger partial charge in [0.15, 0.2) is 11.6 Å². The number of aromatic nitrogens is 5. The van der Waals surface area contributed by atoms with Crippen LogP contribution in [-0.2, 0) is 7.05 Å². The van der Waals surface area contributed by atoms with Gasteiger partial charge in [-0.3, -0.25) is 0 Å². The SMILES string of the molecule is COc1cccc(-c2sc3nc(-c4nccn4C)nc(N4CCC(CO)C4)c3c2-c2cscn2)c1. The molecule has 1 unspecified atom stereocenters. The molecule has 0 spiro atoms. The van der Waals surface area contributed by atoms with Crippen LogP contribution in [0.1, 0.15) is 6.42 Å². The molecule has 8 nitrogen and oxygen atoms in total. The van der Waals surface area contributed by atoms with E-state index in [-0.39, 0.29) is 12.5 Å². The minimum Gasteiger partial charge on any atom is -0.497 e. The molecule has 5 aromatic rings. The molecule has 1 aromatic carbocycles. The molecule has 6 rings (SSSR count). The van der Waals surface area contributed by atoms with Gasteiger partial charge in [0.1, 0.15) is 16.4 Å². The fraction of sp³-hybridized carbons (Fsp3) is 0.280. The van der Waals surface area contributed by atoms with Gasteiger partial charge in [-0.15, -0.1) is 22.7 Å². The van der Waals surface area contributed by atoms with E-state index in [9.17, 15) is 5.11 Å². The van der Waals surface area contributed by atoms with E-state index in [4.69, 9.17) is 14.7 Å². The van der Waals surface area contributed by atoms with Crippen molar-refractivity contribution in [3.63, 3.8) is 0 Å². The average Bonchev–Trinajstić information content (AvgIpc) is 3.69. The van der Waals surface area contributed by atoms with Crippen molar-refractivity contribution in [3.8, 4) is 39.1 Å². The zero-order chi connectivity index (χ0) is 23.9. The first kappa shape index (κ1) is 22.1. The molecule has 0 amide bonds. The van der Waals surface area contributed by atoms with Crippen molar-refractivity contribution >= 4 is 38.7 Å². The number of fused-ring (bicyclic) bond motifs is 1. The number of aliphatic hydroxyl groups is 1. The van der Waals surface area contributed by atoms with Crippen LogP contribution in [-0.4, -0.2) is 56.4 Å². The molecule has 0 aliphatic carbocycles. The third-order valence-electron chi connectivity index (χ3n) is 6.42. The summed E-state index contributed by atoms with van der Waals surface area (Å²) in [5, 5.41) is 12.9. The van der Waals surface area contributed by atoms with E-state index in [2.05, 4.69) is 26.3 Å². The van der Waals surface area contributed by atoms with E-state index in [1.807, 2.05) is 41.5 Å². The number of hydrogen-bond acceptors (Lipinski definition) is 9.